The van der Waals surface area contributed by atoms with E-state index in [1.54, 1.807) is 19.2 Å². The molecule has 0 bridgehead atoms. The summed E-state index contributed by atoms with van der Waals surface area (Å²) >= 11 is 1.21. The first kappa shape index (κ1) is 13.7. The molecule has 0 aromatic carbocycles. The Morgan fingerprint density at radius 3 is 2.79 bits per heavy atom. The van der Waals surface area contributed by atoms with E-state index in [4.69, 9.17) is 0 Å². The summed E-state index contributed by atoms with van der Waals surface area (Å²) in [5.74, 6) is 0. The normalized spacial score (nSPS) is 11.3. The number of hydrogen-bond acceptors (Lipinski definition) is 7. The van der Waals surface area contributed by atoms with E-state index in [1.165, 1.54) is 17.5 Å². The van der Waals surface area contributed by atoms with E-state index in [0.717, 1.165) is 5.01 Å². The molecule has 2 aromatic heterocycles. The van der Waals surface area contributed by atoms with E-state index < -0.39 is 10.0 Å². The van der Waals surface area contributed by atoms with Crippen LogP contribution in [0.2, 0.25) is 0 Å². The summed E-state index contributed by atoms with van der Waals surface area (Å²) in [4.78, 5) is 3.89. The monoisotopic (exact) mass is 299 g/mol. The molecule has 0 aliphatic heterocycles. The van der Waals surface area contributed by atoms with E-state index >= 15 is 0 Å². The topological polar surface area (TPSA) is 96.9 Å². The molecule has 0 saturated heterocycles. The molecule has 0 amide bonds. The third kappa shape index (κ3) is 2.99. The fraction of sp³-hybridized carbons (Fsp3) is 0.300. The number of aromatic nitrogens is 3. The lowest BCUT2D eigenvalue weighted by molar-refractivity contribution is 0.598. The smallest absolute Gasteiger partial charge is 0.283 e. The fourth-order valence-electron chi connectivity index (χ4n) is 1.40. The molecule has 102 valence electrons. The van der Waals surface area contributed by atoms with Crippen LogP contribution in [-0.2, 0) is 16.4 Å². The molecule has 7 nitrogen and oxygen atoms in total. The highest BCUT2D eigenvalue weighted by Gasteiger charge is 2.21. The van der Waals surface area contributed by atoms with Crippen molar-refractivity contribution in [3.05, 3.63) is 23.3 Å². The van der Waals surface area contributed by atoms with Gasteiger partial charge in [-0.2, -0.15) is 8.42 Å². The fourth-order valence-corrected chi connectivity index (χ4v) is 3.45. The van der Waals surface area contributed by atoms with Gasteiger partial charge in [-0.1, -0.05) is 18.3 Å². The SMILES string of the molecule is CCc1nnc(NS(=O)(=O)c2ncccc2NC)s1. The molecule has 0 saturated carbocycles. The second-order valence-electron chi connectivity index (χ2n) is 3.57. The van der Waals surface area contributed by atoms with Crippen LogP contribution in [0.15, 0.2) is 23.4 Å². The van der Waals surface area contributed by atoms with E-state index in [2.05, 4.69) is 25.2 Å². The predicted octanol–water partition coefficient (Wildman–Crippen LogP) is 1.34. The Kier molecular flexibility index (Phi) is 3.96. The van der Waals surface area contributed by atoms with Gasteiger partial charge in [0.05, 0.1) is 5.69 Å². The van der Waals surface area contributed by atoms with Crippen LogP contribution < -0.4 is 10.0 Å². The Balaban J connectivity index is 2.32. The van der Waals surface area contributed by atoms with Crippen molar-refractivity contribution in [3.8, 4) is 0 Å². The molecule has 2 rings (SSSR count). The summed E-state index contributed by atoms with van der Waals surface area (Å²) in [5, 5.41) is 11.4. The van der Waals surface area contributed by atoms with E-state index in [1.807, 2.05) is 6.92 Å². The zero-order valence-electron chi connectivity index (χ0n) is 10.4. The molecule has 2 aromatic rings. The zero-order valence-corrected chi connectivity index (χ0v) is 12.0. The van der Waals surface area contributed by atoms with Crippen LogP contribution in [0.4, 0.5) is 10.8 Å². The summed E-state index contributed by atoms with van der Waals surface area (Å²) in [6.07, 6.45) is 2.14. The molecule has 0 atom stereocenters. The van der Waals surface area contributed by atoms with E-state index in [9.17, 15) is 8.42 Å². The third-order valence-corrected chi connectivity index (χ3v) is 4.69. The highest BCUT2D eigenvalue weighted by molar-refractivity contribution is 7.93. The second-order valence-corrected chi connectivity index (χ2v) is 6.23. The third-order valence-electron chi connectivity index (χ3n) is 2.29. The number of sulfonamides is 1. The molecular formula is C10H13N5O2S2. The molecular weight excluding hydrogens is 286 g/mol. The first-order chi connectivity index (χ1) is 9.06. The Bertz CT molecular complexity index is 668. The maximum absolute atomic E-state index is 12.2. The predicted molar refractivity (Wildman–Crippen MR) is 73.9 cm³/mol. The summed E-state index contributed by atoms with van der Waals surface area (Å²) in [5.41, 5.74) is 0.426. The Morgan fingerprint density at radius 1 is 1.37 bits per heavy atom. The molecule has 0 spiro atoms. The largest absolute Gasteiger partial charge is 0.386 e. The summed E-state index contributed by atoms with van der Waals surface area (Å²) in [6.45, 7) is 1.93. The number of anilines is 2. The maximum atomic E-state index is 12.2. The quantitative estimate of drug-likeness (QED) is 0.864. The lowest BCUT2D eigenvalue weighted by Gasteiger charge is -2.08. The van der Waals surface area contributed by atoms with Crippen LogP contribution >= 0.6 is 11.3 Å². The van der Waals surface area contributed by atoms with Crippen molar-refractivity contribution < 1.29 is 8.42 Å². The summed E-state index contributed by atoms with van der Waals surface area (Å²) in [6, 6.07) is 3.30. The van der Waals surface area contributed by atoms with Crippen LogP contribution in [0.1, 0.15) is 11.9 Å². The van der Waals surface area contributed by atoms with Gasteiger partial charge >= 0.3 is 0 Å². The standard InChI is InChI=1S/C10H13N5O2S2/c1-3-8-13-14-10(18-8)15-19(16,17)9-7(11-2)5-4-6-12-9/h4-6,11H,3H2,1-2H3,(H,14,15). The molecule has 0 aliphatic rings. The van der Waals surface area contributed by atoms with Gasteiger partial charge in [0, 0.05) is 13.2 Å². The van der Waals surface area contributed by atoms with Gasteiger partial charge in [0.15, 0.2) is 5.03 Å². The number of nitrogens with one attached hydrogen (secondary N) is 2. The maximum Gasteiger partial charge on any atom is 0.283 e. The van der Waals surface area contributed by atoms with Crippen molar-refractivity contribution in [1.29, 1.82) is 0 Å². The van der Waals surface area contributed by atoms with E-state index in [-0.39, 0.29) is 10.2 Å². The first-order valence-corrected chi connectivity index (χ1v) is 7.84. The first-order valence-electron chi connectivity index (χ1n) is 5.54. The van der Waals surface area contributed by atoms with Crippen molar-refractivity contribution in [2.24, 2.45) is 0 Å². The zero-order chi connectivity index (χ0) is 13.9. The van der Waals surface area contributed by atoms with Gasteiger partial charge in [0.25, 0.3) is 10.0 Å². The van der Waals surface area contributed by atoms with Gasteiger partial charge in [0.1, 0.15) is 5.01 Å². The van der Waals surface area contributed by atoms with Crippen LogP contribution in [0.5, 0.6) is 0 Å². The van der Waals surface area contributed by atoms with Gasteiger partial charge in [-0.3, -0.25) is 4.72 Å². The van der Waals surface area contributed by atoms with Crippen LogP contribution in [0.25, 0.3) is 0 Å². The Morgan fingerprint density at radius 2 is 2.16 bits per heavy atom. The molecule has 0 fully saturated rings. The van der Waals surface area contributed by atoms with Crippen LogP contribution in [0.3, 0.4) is 0 Å². The van der Waals surface area contributed by atoms with Crippen LogP contribution in [-0.4, -0.2) is 30.6 Å². The minimum Gasteiger partial charge on any atom is -0.386 e. The van der Waals surface area contributed by atoms with Gasteiger partial charge < -0.3 is 5.32 Å². The van der Waals surface area contributed by atoms with Crippen molar-refractivity contribution in [1.82, 2.24) is 15.2 Å². The summed E-state index contributed by atoms with van der Waals surface area (Å²) in [7, 11) is -2.13. The minimum absolute atomic E-state index is 0.0641. The van der Waals surface area contributed by atoms with Crippen molar-refractivity contribution in [3.63, 3.8) is 0 Å². The van der Waals surface area contributed by atoms with Gasteiger partial charge in [0.2, 0.25) is 5.13 Å². The molecule has 19 heavy (non-hydrogen) atoms. The molecule has 9 heteroatoms. The van der Waals surface area contributed by atoms with Crippen molar-refractivity contribution in [2.45, 2.75) is 18.4 Å². The van der Waals surface area contributed by atoms with E-state index in [0.29, 0.717) is 12.1 Å². The molecule has 2 N–H and O–H groups in total. The van der Waals surface area contributed by atoms with Gasteiger partial charge in [-0.25, -0.2) is 4.98 Å². The molecule has 2 heterocycles. The Labute approximate surface area is 115 Å². The molecule has 0 aliphatic carbocycles. The van der Waals surface area contributed by atoms with Gasteiger partial charge in [-0.15, -0.1) is 10.2 Å². The minimum atomic E-state index is -3.77. The molecule has 0 radical (unpaired) electrons. The van der Waals surface area contributed by atoms with Crippen LogP contribution in [0, 0.1) is 0 Å². The second kappa shape index (κ2) is 5.49. The average molecular weight is 299 g/mol. The lowest BCUT2D eigenvalue weighted by Crippen LogP contribution is -2.16. The number of pyridine rings is 1. The highest BCUT2D eigenvalue weighted by Crippen LogP contribution is 2.22. The van der Waals surface area contributed by atoms with Gasteiger partial charge in [-0.05, 0) is 18.6 Å². The molecule has 0 unspecified atom stereocenters. The van der Waals surface area contributed by atoms with Crippen molar-refractivity contribution >= 4 is 32.2 Å². The number of hydrogen-bond donors (Lipinski definition) is 2. The lowest BCUT2D eigenvalue weighted by atomic mass is 10.4. The average Bonchev–Trinajstić information content (AvgIpc) is 2.85. The number of nitrogens with zero attached hydrogens (tertiary/aromatic N) is 3. The number of rotatable bonds is 5. The summed E-state index contributed by atoms with van der Waals surface area (Å²) < 4.78 is 26.8. The Hall–Kier alpha value is -1.74. The number of aryl methyl sites for hydroxylation is 1. The highest BCUT2D eigenvalue weighted by atomic mass is 32.2. The van der Waals surface area contributed by atoms with Crippen molar-refractivity contribution in [2.75, 3.05) is 17.1 Å².